The van der Waals surface area contributed by atoms with Gasteiger partial charge >= 0.3 is 0 Å². The van der Waals surface area contributed by atoms with Crippen molar-refractivity contribution in [2.45, 2.75) is 13.0 Å². The standard InChI is InChI=1S/C23H22N4O2/c24-16-18-7-9-19(10-8-18)17-26-11-4-12-27(14-13-26)23(28)21-15-22(29-25-21)20-5-2-1-3-6-20/h1-3,5-10,15H,4,11-14,17H2. The van der Waals surface area contributed by atoms with E-state index in [1.54, 1.807) is 6.07 Å². The van der Waals surface area contributed by atoms with Crippen molar-refractivity contribution < 1.29 is 9.32 Å². The highest BCUT2D eigenvalue weighted by Crippen LogP contribution is 2.21. The Hall–Kier alpha value is -3.43. The fourth-order valence-corrected chi connectivity index (χ4v) is 3.55. The average Bonchev–Trinajstić information content (AvgIpc) is 3.15. The Bertz CT molecular complexity index is 1010. The van der Waals surface area contributed by atoms with Crippen molar-refractivity contribution in [1.82, 2.24) is 15.0 Å². The molecule has 0 bridgehead atoms. The molecule has 1 aromatic heterocycles. The Kier molecular flexibility index (Phi) is 5.68. The number of nitriles is 1. The van der Waals surface area contributed by atoms with E-state index in [9.17, 15) is 4.79 Å². The van der Waals surface area contributed by atoms with E-state index in [-0.39, 0.29) is 5.91 Å². The predicted molar refractivity (Wildman–Crippen MR) is 109 cm³/mol. The number of rotatable bonds is 4. The van der Waals surface area contributed by atoms with Crippen molar-refractivity contribution >= 4 is 5.91 Å². The molecule has 1 fully saturated rings. The third kappa shape index (κ3) is 4.53. The van der Waals surface area contributed by atoms with Crippen LogP contribution < -0.4 is 0 Å². The summed E-state index contributed by atoms with van der Waals surface area (Å²) >= 11 is 0. The molecule has 1 aliphatic rings. The molecule has 1 amide bonds. The number of amides is 1. The van der Waals surface area contributed by atoms with Gasteiger partial charge in [0.15, 0.2) is 11.5 Å². The Morgan fingerprint density at radius 1 is 1.03 bits per heavy atom. The molecule has 146 valence electrons. The normalized spacial score (nSPS) is 14.9. The molecule has 4 rings (SSSR count). The van der Waals surface area contributed by atoms with Gasteiger partial charge < -0.3 is 9.42 Å². The minimum atomic E-state index is -0.0869. The molecule has 0 atom stereocenters. The zero-order valence-electron chi connectivity index (χ0n) is 16.1. The van der Waals surface area contributed by atoms with Crippen LogP contribution in [0.25, 0.3) is 11.3 Å². The van der Waals surface area contributed by atoms with E-state index < -0.39 is 0 Å². The van der Waals surface area contributed by atoms with Gasteiger partial charge in [0.2, 0.25) is 0 Å². The van der Waals surface area contributed by atoms with Gasteiger partial charge in [0.05, 0.1) is 11.6 Å². The Balaban J connectivity index is 1.37. The highest BCUT2D eigenvalue weighted by molar-refractivity contribution is 5.93. The highest BCUT2D eigenvalue weighted by atomic mass is 16.5. The van der Waals surface area contributed by atoms with Crippen LogP contribution in [0.2, 0.25) is 0 Å². The summed E-state index contributed by atoms with van der Waals surface area (Å²) in [7, 11) is 0. The highest BCUT2D eigenvalue weighted by Gasteiger charge is 2.23. The topological polar surface area (TPSA) is 73.4 Å². The minimum Gasteiger partial charge on any atom is -0.355 e. The second kappa shape index (κ2) is 8.72. The Labute approximate surface area is 169 Å². The van der Waals surface area contributed by atoms with Crippen LogP contribution in [0.3, 0.4) is 0 Å². The van der Waals surface area contributed by atoms with Gasteiger partial charge in [0.1, 0.15) is 0 Å². The molecular weight excluding hydrogens is 364 g/mol. The fraction of sp³-hybridized carbons (Fsp3) is 0.261. The summed E-state index contributed by atoms with van der Waals surface area (Å²) in [6, 6.07) is 21.2. The summed E-state index contributed by atoms with van der Waals surface area (Å²) in [6.45, 7) is 3.90. The first-order valence-electron chi connectivity index (χ1n) is 9.76. The van der Waals surface area contributed by atoms with Crippen molar-refractivity contribution in [3.05, 3.63) is 77.5 Å². The molecule has 0 spiro atoms. The van der Waals surface area contributed by atoms with E-state index in [0.29, 0.717) is 30.1 Å². The van der Waals surface area contributed by atoms with E-state index >= 15 is 0 Å². The molecule has 0 unspecified atom stereocenters. The largest absolute Gasteiger partial charge is 0.355 e. The number of benzene rings is 2. The molecule has 1 saturated heterocycles. The molecule has 2 heterocycles. The molecule has 3 aromatic rings. The third-order valence-electron chi connectivity index (χ3n) is 5.15. The molecule has 0 saturated carbocycles. The average molecular weight is 386 g/mol. The van der Waals surface area contributed by atoms with Gasteiger partial charge in [0, 0.05) is 44.4 Å². The van der Waals surface area contributed by atoms with Crippen LogP contribution in [0.4, 0.5) is 0 Å². The van der Waals surface area contributed by atoms with E-state index in [1.807, 2.05) is 59.5 Å². The summed E-state index contributed by atoms with van der Waals surface area (Å²) in [5.41, 5.74) is 3.10. The molecule has 0 aliphatic carbocycles. The molecule has 2 aromatic carbocycles. The molecule has 1 aliphatic heterocycles. The van der Waals surface area contributed by atoms with Crippen molar-refractivity contribution in [3.63, 3.8) is 0 Å². The fourth-order valence-electron chi connectivity index (χ4n) is 3.55. The second-order valence-corrected chi connectivity index (χ2v) is 7.17. The van der Waals surface area contributed by atoms with Crippen LogP contribution in [0.1, 0.15) is 28.0 Å². The van der Waals surface area contributed by atoms with Gasteiger partial charge in [-0.25, -0.2) is 0 Å². The van der Waals surface area contributed by atoms with Crippen molar-refractivity contribution in [2.75, 3.05) is 26.2 Å². The first-order chi connectivity index (χ1) is 14.2. The molecule has 6 nitrogen and oxygen atoms in total. The SMILES string of the molecule is N#Cc1ccc(CN2CCCN(C(=O)c3cc(-c4ccccc4)on3)CC2)cc1. The summed E-state index contributed by atoms with van der Waals surface area (Å²) in [6.07, 6.45) is 0.908. The number of aromatic nitrogens is 1. The summed E-state index contributed by atoms with van der Waals surface area (Å²) in [5, 5.41) is 12.9. The van der Waals surface area contributed by atoms with Crippen LogP contribution >= 0.6 is 0 Å². The summed E-state index contributed by atoms with van der Waals surface area (Å²) in [4.78, 5) is 17.1. The van der Waals surface area contributed by atoms with E-state index in [1.165, 1.54) is 5.56 Å². The van der Waals surface area contributed by atoms with E-state index in [2.05, 4.69) is 16.1 Å². The minimum absolute atomic E-state index is 0.0869. The number of hydrogen-bond acceptors (Lipinski definition) is 5. The van der Waals surface area contributed by atoms with Crippen molar-refractivity contribution in [3.8, 4) is 17.4 Å². The number of hydrogen-bond donors (Lipinski definition) is 0. The first kappa shape index (κ1) is 18.9. The molecule has 29 heavy (non-hydrogen) atoms. The Morgan fingerprint density at radius 2 is 1.83 bits per heavy atom. The first-order valence-corrected chi connectivity index (χ1v) is 9.76. The molecular formula is C23H22N4O2. The smallest absolute Gasteiger partial charge is 0.276 e. The predicted octanol–water partition coefficient (Wildman–Crippen LogP) is 3.56. The van der Waals surface area contributed by atoms with Crippen LogP contribution in [0, 0.1) is 11.3 Å². The van der Waals surface area contributed by atoms with Gasteiger partial charge in [0.25, 0.3) is 5.91 Å². The van der Waals surface area contributed by atoms with Gasteiger partial charge in [-0.1, -0.05) is 47.6 Å². The molecule has 0 N–H and O–H groups in total. The van der Waals surface area contributed by atoms with Gasteiger partial charge in [-0.2, -0.15) is 5.26 Å². The lowest BCUT2D eigenvalue weighted by Crippen LogP contribution is -2.35. The quantitative estimate of drug-likeness (QED) is 0.685. The van der Waals surface area contributed by atoms with E-state index in [4.69, 9.17) is 9.78 Å². The van der Waals surface area contributed by atoms with Gasteiger partial charge in [-0.05, 0) is 24.1 Å². The number of nitrogens with zero attached hydrogens (tertiary/aromatic N) is 4. The zero-order chi connectivity index (χ0) is 20.1. The summed E-state index contributed by atoms with van der Waals surface area (Å²) in [5.74, 6) is 0.516. The van der Waals surface area contributed by atoms with Crippen molar-refractivity contribution in [2.24, 2.45) is 0 Å². The van der Waals surface area contributed by atoms with Crippen LogP contribution in [0.5, 0.6) is 0 Å². The lowest BCUT2D eigenvalue weighted by Gasteiger charge is -2.21. The maximum absolute atomic E-state index is 12.9. The Morgan fingerprint density at radius 3 is 2.59 bits per heavy atom. The van der Waals surface area contributed by atoms with Gasteiger partial charge in [-0.15, -0.1) is 0 Å². The number of carbonyl (C=O) groups is 1. The monoisotopic (exact) mass is 386 g/mol. The van der Waals surface area contributed by atoms with Gasteiger partial charge in [-0.3, -0.25) is 9.69 Å². The lowest BCUT2D eigenvalue weighted by molar-refractivity contribution is 0.0751. The summed E-state index contributed by atoms with van der Waals surface area (Å²) < 4.78 is 5.38. The second-order valence-electron chi connectivity index (χ2n) is 7.17. The maximum Gasteiger partial charge on any atom is 0.276 e. The van der Waals surface area contributed by atoms with E-state index in [0.717, 1.165) is 31.6 Å². The maximum atomic E-state index is 12.9. The van der Waals surface area contributed by atoms with Crippen LogP contribution in [-0.4, -0.2) is 47.0 Å². The molecule has 0 radical (unpaired) electrons. The lowest BCUT2D eigenvalue weighted by atomic mass is 10.1. The zero-order valence-corrected chi connectivity index (χ0v) is 16.1. The van der Waals surface area contributed by atoms with Crippen LogP contribution in [-0.2, 0) is 6.54 Å². The van der Waals surface area contributed by atoms with Crippen LogP contribution in [0.15, 0.2) is 65.2 Å². The number of carbonyl (C=O) groups excluding carboxylic acids is 1. The third-order valence-corrected chi connectivity index (χ3v) is 5.15. The molecule has 6 heteroatoms. The van der Waals surface area contributed by atoms with Crippen molar-refractivity contribution in [1.29, 1.82) is 5.26 Å².